The first kappa shape index (κ1) is 17.7. The summed E-state index contributed by atoms with van der Waals surface area (Å²) in [5, 5.41) is 0. The van der Waals surface area contributed by atoms with Gasteiger partial charge in [-0.1, -0.05) is 40.2 Å². The molecule has 2 fully saturated rings. The lowest BCUT2D eigenvalue weighted by atomic mass is 10.0. The molecule has 0 aliphatic carbocycles. The van der Waals surface area contributed by atoms with Crippen molar-refractivity contribution >= 4 is 21.8 Å². The van der Waals surface area contributed by atoms with Crippen molar-refractivity contribution in [2.45, 2.75) is 38.3 Å². The zero-order chi connectivity index (χ0) is 17.9. The average molecular weight is 413 g/mol. The van der Waals surface area contributed by atoms with E-state index in [2.05, 4.69) is 56.1 Å². The summed E-state index contributed by atoms with van der Waals surface area (Å²) in [6, 6.07) is 16.8. The summed E-state index contributed by atoms with van der Waals surface area (Å²) in [5.41, 5.74) is 3.29. The molecule has 136 valence electrons. The van der Waals surface area contributed by atoms with Crippen LogP contribution in [0.4, 0.5) is 0 Å². The summed E-state index contributed by atoms with van der Waals surface area (Å²) in [7, 11) is 0. The van der Waals surface area contributed by atoms with E-state index >= 15 is 0 Å². The number of nitrogens with zero attached hydrogens (tertiary/aromatic N) is 2. The lowest BCUT2D eigenvalue weighted by Gasteiger charge is -2.26. The molecular weight excluding hydrogens is 388 g/mol. The van der Waals surface area contributed by atoms with Gasteiger partial charge < -0.3 is 4.90 Å². The Labute approximate surface area is 164 Å². The number of carbonyl (C=O) groups is 1. The maximum atomic E-state index is 13.2. The first-order valence-electron chi connectivity index (χ1n) is 9.58. The molecule has 1 unspecified atom stereocenters. The quantitative estimate of drug-likeness (QED) is 0.703. The summed E-state index contributed by atoms with van der Waals surface area (Å²) in [6.07, 6.45) is 4.69. The molecule has 26 heavy (non-hydrogen) atoms. The van der Waals surface area contributed by atoms with Gasteiger partial charge in [0.25, 0.3) is 5.91 Å². The van der Waals surface area contributed by atoms with Crippen molar-refractivity contribution in [1.29, 1.82) is 0 Å². The summed E-state index contributed by atoms with van der Waals surface area (Å²) in [4.78, 5) is 17.7. The maximum Gasteiger partial charge on any atom is 0.254 e. The number of hydrogen-bond donors (Lipinski definition) is 0. The fourth-order valence-corrected chi connectivity index (χ4v) is 4.65. The molecule has 2 aromatic carbocycles. The highest BCUT2D eigenvalue weighted by molar-refractivity contribution is 9.10. The number of carbonyl (C=O) groups excluding carboxylic acids is 1. The van der Waals surface area contributed by atoms with E-state index in [4.69, 9.17) is 0 Å². The highest BCUT2D eigenvalue weighted by Gasteiger charge is 2.30. The van der Waals surface area contributed by atoms with Gasteiger partial charge in [-0.25, -0.2) is 0 Å². The van der Waals surface area contributed by atoms with Crippen LogP contribution >= 0.6 is 15.9 Å². The zero-order valence-corrected chi connectivity index (χ0v) is 16.6. The summed E-state index contributed by atoms with van der Waals surface area (Å²) >= 11 is 3.55. The number of benzene rings is 2. The van der Waals surface area contributed by atoms with E-state index in [9.17, 15) is 4.79 Å². The minimum absolute atomic E-state index is 0.163. The predicted octanol–water partition coefficient (Wildman–Crippen LogP) is 5.02. The van der Waals surface area contributed by atoms with Gasteiger partial charge in [0, 0.05) is 23.1 Å². The third-order valence-corrected chi connectivity index (χ3v) is 6.02. The second kappa shape index (κ2) is 7.93. The zero-order valence-electron chi connectivity index (χ0n) is 15.0. The third-order valence-electron chi connectivity index (χ3n) is 5.53. The Morgan fingerprint density at radius 2 is 1.81 bits per heavy atom. The van der Waals surface area contributed by atoms with Crippen LogP contribution < -0.4 is 0 Å². The smallest absolute Gasteiger partial charge is 0.254 e. The normalized spacial score (nSPS) is 20.7. The highest BCUT2D eigenvalue weighted by Crippen LogP contribution is 2.34. The molecule has 2 saturated heterocycles. The van der Waals surface area contributed by atoms with Crippen molar-refractivity contribution in [1.82, 2.24) is 9.80 Å². The van der Waals surface area contributed by atoms with Gasteiger partial charge in [0.15, 0.2) is 0 Å². The Kier molecular flexibility index (Phi) is 5.41. The van der Waals surface area contributed by atoms with Gasteiger partial charge in [-0.3, -0.25) is 9.69 Å². The van der Waals surface area contributed by atoms with Crippen molar-refractivity contribution < 1.29 is 4.79 Å². The average Bonchev–Trinajstić information content (AvgIpc) is 3.33. The molecular formula is C22H25BrN2O. The Morgan fingerprint density at radius 3 is 2.62 bits per heavy atom. The summed E-state index contributed by atoms with van der Waals surface area (Å²) in [5.74, 6) is 0.163. The van der Waals surface area contributed by atoms with Crippen LogP contribution in [0.3, 0.4) is 0 Å². The molecule has 2 aromatic rings. The van der Waals surface area contributed by atoms with Crippen LogP contribution in [0.1, 0.15) is 53.2 Å². The van der Waals surface area contributed by atoms with Crippen LogP contribution in [0, 0.1) is 0 Å². The number of amides is 1. The van der Waals surface area contributed by atoms with E-state index in [1.54, 1.807) is 0 Å². The Balaban J connectivity index is 1.52. The SMILES string of the molecule is O=C(c1cccc(CN2CCCC2)c1)N1CCCC1c1cccc(Br)c1. The molecule has 0 radical (unpaired) electrons. The lowest BCUT2D eigenvalue weighted by molar-refractivity contribution is 0.0735. The Hall–Kier alpha value is -1.65. The van der Waals surface area contributed by atoms with Gasteiger partial charge >= 0.3 is 0 Å². The van der Waals surface area contributed by atoms with Crippen molar-refractivity contribution in [3.63, 3.8) is 0 Å². The van der Waals surface area contributed by atoms with Gasteiger partial charge in [-0.05, 0) is 74.2 Å². The molecule has 2 aliphatic rings. The molecule has 2 aliphatic heterocycles. The maximum absolute atomic E-state index is 13.2. The third kappa shape index (κ3) is 3.86. The molecule has 0 saturated carbocycles. The standard InChI is InChI=1S/C22H25BrN2O/c23-20-9-4-7-18(15-20)21-10-5-13-25(21)22(26)19-8-3-6-17(14-19)16-24-11-1-2-12-24/h3-4,6-9,14-15,21H,1-2,5,10-13,16H2. The topological polar surface area (TPSA) is 23.6 Å². The van der Waals surface area contributed by atoms with Crippen LogP contribution in [0.5, 0.6) is 0 Å². The van der Waals surface area contributed by atoms with Crippen LogP contribution in [-0.4, -0.2) is 35.3 Å². The lowest BCUT2D eigenvalue weighted by Crippen LogP contribution is -2.30. The van der Waals surface area contributed by atoms with Gasteiger partial charge in [0.05, 0.1) is 6.04 Å². The van der Waals surface area contributed by atoms with E-state index in [1.807, 2.05) is 18.2 Å². The van der Waals surface area contributed by atoms with E-state index in [0.717, 1.165) is 36.0 Å². The van der Waals surface area contributed by atoms with E-state index < -0.39 is 0 Å². The molecule has 0 spiro atoms. The fourth-order valence-electron chi connectivity index (χ4n) is 4.24. The van der Waals surface area contributed by atoms with E-state index in [1.165, 1.54) is 37.1 Å². The van der Waals surface area contributed by atoms with Crippen LogP contribution in [-0.2, 0) is 6.54 Å². The first-order valence-corrected chi connectivity index (χ1v) is 10.4. The molecule has 0 aromatic heterocycles. The second-order valence-corrected chi connectivity index (χ2v) is 8.31. The van der Waals surface area contributed by atoms with Gasteiger partial charge in [0.2, 0.25) is 0 Å². The van der Waals surface area contributed by atoms with Gasteiger partial charge in [0.1, 0.15) is 0 Å². The summed E-state index contributed by atoms with van der Waals surface area (Å²) in [6.45, 7) is 4.15. The highest BCUT2D eigenvalue weighted by atomic mass is 79.9. The van der Waals surface area contributed by atoms with Crippen molar-refractivity contribution in [3.8, 4) is 0 Å². The molecule has 2 heterocycles. The summed E-state index contributed by atoms with van der Waals surface area (Å²) < 4.78 is 1.07. The number of rotatable bonds is 4. The number of halogens is 1. The van der Waals surface area contributed by atoms with Gasteiger partial charge in [-0.2, -0.15) is 0 Å². The Bertz CT molecular complexity index is 785. The number of likely N-dealkylation sites (tertiary alicyclic amines) is 2. The predicted molar refractivity (Wildman–Crippen MR) is 108 cm³/mol. The molecule has 3 nitrogen and oxygen atoms in total. The van der Waals surface area contributed by atoms with Crippen LogP contribution in [0.15, 0.2) is 53.0 Å². The molecule has 0 N–H and O–H groups in total. The van der Waals surface area contributed by atoms with Crippen LogP contribution in [0.2, 0.25) is 0 Å². The Morgan fingerprint density at radius 1 is 1.00 bits per heavy atom. The van der Waals surface area contributed by atoms with E-state index in [-0.39, 0.29) is 11.9 Å². The first-order chi connectivity index (χ1) is 12.7. The molecule has 0 bridgehead atoms. The van der Waals surface area contributed by atoms with E-state index in [0.29, 0.717) is 0 Å². The van der Waals surface area contributed by atoms with Crippen molar-refractivity contribution in [2.75, 3.05) is 19.6 Å². The number of hydrogen-bond acceptors (Lipinski definition) is 2. The largest absolute Gasteiger partial charge is 0.332 e. The molecule has 4 rings (SSSR count). The monoisotopic (exact) mass is 412 g/mol. The van der Waals surface area contributed by atoms with Crippen molar-refractivity contribution in [3.05, 3.63) is 69.7 Å². The minimum Gasteiger partial charge on any atom is -0.332 e. The van der Waals surface area contributed by atoms with Crippen LogP contribution in [0.25, 0.3) is 0 Å². The van der Waals surface area contributed by atoms with Gasteiger partial charge in [-0.15, -0.1) is 0 Å². The fraction of sp³-hybridized carbons (Fsp3) is 0.409. The van der Waals surface area contributed by atoms with Crippen molar-refractivity contribution in [2.24, 2.45) is 0 Å². The minimum atomic E-state index is 0.163. The molecule has 1 amide bonds. The molecule has 1 atom stereocenters. The second-order valence-electron chi connectivity index (χ2n) is 7.40. The molecule has 4 heteroatoms.